The summed E-state index contributed by atoms with van der Waals surface area (Å²) in [4.78, 5) is 11.0. The van der Waals surface area contributed by atoms with Crippen molar-refractivity contribution in [1.82, 2.24) is 0 Å². The van der Waals surface area contributed by atoms with Gasteiger partial charge in [-0.2, -0.15) is 0 Å². The van der Waals surface area contributed by atoms with Crippen LogP contribution >= 0.6 is 0 Å². The Labute approximate surface area is 85.5 Å². The monoisotopic (exact) mass is 188 g/mol. The molecule has 0 aliphatic heterocycles. The van der Waals surface area contributed by atoms with Crippen molar-refractivity contribution in [3.8, 4) is 0 Å². The summed E-state index contributed by atoms with van der Waals surface area (Å²) in [6.07, 6.45) is 1.93. The molecule has 0 bridgehead atoms. The third kappa shape index (κ3) is 2.56. The van der Waals surface area contributed by atoms with Crippen molar-refractivity contribution in [3.63, 3.8) is 0 Å². The van der Waals surface area contributed by atoms with Crippen molar-refractivity contribution in [3.05, 3.63) is 40.5 Å². The van der Waals surface area contributed by atoms with E-state index in [4.69, 9.17) is 0 Å². The number of hydrogen-bond donors (Lipinski definition) is 0. The minimum absolute atomic E-state index is 0.128. The Bertz CT molecular complexity index is 386. The van der Waals surface area contributed by atoms with E-state index in [2.05, 4.69) is 26.0 Å². The Morgan fingerprint density at radius 2 is 1.79 bits per heavy atom. The molecule has 14 heavy (non-hydrogen) atoms. The highest BCUT2D eigenvalue weighted by Gasteiger charge is 1.97. The van der Waals surface area contributed by atoms with Crippen molar-refractivity contribution in [2.24, 2.45) is 0 Å². The molecule has 0 aliphatic carbocycles. The summed E-state index contributed by atoms with van der Waals surface area (Å²) in [5, 5.41) is 0. The van der Waals surface area contributed by atoms with Gasteiger partial charge in [-0.1, -0.05) is 18.2 Å². The number of aryl methyl sites for hydroxylation is 2. The first-order valence-corrected chi connectivity index (χ1v) is 4.77. The minimum atomic E-state index is 0.128. The minimum Gasteiger partial charge on any atom is -0.295 e. The maximum atomic E-state index is 11.0. The van der Waals surface area contributed by atoms with Crippen LogP contribution in [0.5, 0.6) is 0 Å². The largest absolute Gasteiger partial charge is 0.295 e. The van der Waals surface area contributed by atoms with Crippen LogP contribution < -0.4 is 0 Å². The van der Waals surface area contributed by atoms with Crippen LogP contribution in [0.2, 0.25) is 0 Å². The van der Waals surface area contributed by atoms with Crippen LogP contribution in [0.4, 0.5) is 0 Å². The summed E-state index contributed by atoms with van der Waals surface area (Å²) >= 11 is 0. The first-order valence-electron chi connectivity index (χ1n) is 4.77. The summed E-state index contributed by atoms with van der Waals surface area (Å²) in [5.41, 5.74) is 4.44. The molecule has 0 atom stereocenters. The lowest BCUT2D eigenvalue weighted by Gasteiger charge is -2.01. The summed E-state index contributed by atoms with van der Waals surface area (Å²) in [5.74, 6) is 0.128. The number of rotatable bonds is 2. The molecule has 1 nitrogen and oxygen atoms in total. The summed E-state index contributed by atoms with van der Waals surface area (Å²) in [6.45, 7) is 7.60. The fourth-order valence-electron chi connectivity index (χ4n) is 1.21. The lowest BCUT2D eigenvalue weighted by molar-refractivity contribution is -0.113. The molecule has 0 heterocycles. The molecule has 0 N–H and O–H groups in total. The molecule has 1 heteroatoms. The number of ketones is 1. The van der Waals surface area contributed by atoms with Crippen LogP contribution in [-0.4, -0.2) is 5.78 Å². The molecule has 0 saturated carbocycles. The second-order valence-electron chi connectivity index (χ2n) is 3.73. The van der Waals surface area contributed by atoms with E-state index in [9.17, 15) is 4.79 Å². The van der Waals surface area contributed by atoms with Crippen LogP contribution in [0.25, 0.3) is 6.08 Å². The van der Waals surface area contributed by atoms with Crippen LogP contribution in [0.15, 0.2) is 23.8 Å². The Kier molecular flexibility index (Phi) is 3.23. The third-order valence-corrected chi connectivity index (χ3v) is 2.47. The van der Waals surface area contributed by atoms with E-state index in [-0.39, 0.29) is 5.78 Å². The molecular formula is C13H16O. The average molecular weight is 188 g/mol. The maximum absolute atomic E-state index is 11.0. The van der Waals surface area contributed by atoms with E-state index in [1.807, 2.05) is 19.1 Å². The van der Waals surface area contributed by atoms with E-state index in [1.54, 1.807) is 6.92 Å². The SMILES string of the molecule is CC(=O)/C(C)=C/c1ccc(C)c(C)c1. The van der Waals surface area contributed by atoms with Gasteiger partial charge < -0.3 is 0 Å². The molecule has 1 aromatic carbocycles. The lowest BCUT2D eigenvalue weighted by atomic mass is 10.0. The second-order valence-corrected chi connectivity index (χ2v) is 3.73. The zero-order valence-electron chi connectivity index (χ0n) is 9.22. The van der Waals surface area contributed by atoms with E-state index < -0.39 is 0 Å². The molecule has 0 radical (unpaired) electrons. The molecule has 0 spiro atoms. The highest BCUT2D eigenvalue weighted by Crippen LogP contribution is 2.13. The van der Waals surface area contributed by atoms with Crippen LogP contribution in [0.1, 0.15) is 30.5 Å². The van der Waals surface area contributed by atoms with Crippen molar-refractivity contribution in [2.45, 2.75) is 27.7 Å². The molecule has 0 unspecified atom stereocenters. The van der Waals surface area contributed by atoms with Gasteiger partial charge in [-0.25, -0.2) is 0 Å². The number of Topliss-reactive ketones (excluding diaryl/α,β-unsaturated/α-hetero) is 1. The molecule has 1 aromatic rings. The standard InChI is InChI=1S/C13H16O/c1-9-5-6-13(7-10(9)2)8-11(3)12(4)14/h5-8H,1-4H3/b11-8+. The summed E-state index contributed by atoms with van der Waals surface area (Å²) in [7, 11) is 0. The Morgan fingerprint density at radius 1 is 1.14 bits per heavy atom. The molecular weight excluding hydrogens is 172 g/mol. The van der Waals surface area contributed by atoms with Crippen molar-refractivity contribution < 1.29 is 4.79 Å². The van der Waals surface area contributed by atoms with Crippen molar-refractivity contribution >= 4 is 11.9 Å². The van der Waals surface area contributed by atoms with Gasteiger partial charge in [0.2, 0.25) is 0 Å². The zero-order valence-corrected chi connectivity index (χ0v) is 9.22. The van der Waals surface area contributed by atoms with Crippen LogP contribution in [0.3, 0.4) is 0 Å². The summed E-state index contributed by atoms with van der Waals surface area (Å²) in [6, 6.07) is 6.21. The predicted molar refractivity (Wildman–Crippen MR) is 60.2 cm³/mol. The van der Waals surface area contributed by atoms with E-state index >= 15 is 0 Å². The summed E-state index contributed by atoms with van der Waals surface area (Å²) < 4.78 is 0. The van der Waals surface area contributed by atoms with Gasteiger partial charge in [-0.05, 0) is 56.0 Å². The Balaban J connectivity index is 3.04. The van der Waals surface area contributed by atoms with E-state index in [1.165, 1.54) is 11.1 Å². The number of benzene rings is 1. The van der Waals surface area contributed by atoms with E-state index in [0.29, 0.717) is 0 Å². The van der Waals surface area contributed by atoms with Crippen molar-refractivity contribution in [1.29, 1.82) is 0 Å². The molecule has 0 aromatic heterocycles. The Morgan fingerprint density at radius 3 is 2.29 bits per heavy atom. The molecule has 0 saturated heterocycles. The zero-order chi connectivity index (χ0) is 10.7. The predicted octanol–water partition coefficient (Wildman–Crippen LogP) is 3.30. The molecule has 0 aliphatic rings. The highest BCUT2D eigenvalue weighted by molar-refractivity contribution is 5.97. The number of carbonyl (C=O) groups excluding carboxylic acids is 1. The van der Waals surface area contributed by atoms with Crippen molar-refractivity contribution in [2.75, 3.05) is 0 Å². The average Bonchev–Trinajstić information content (AvgIpc) is 2.11. The third-order valence-electron chi connectivity index (χ3n) is 2.47. The topological polar surface area (TPSA) is 17.1 Å². The van der Waals surface area contributed by atoms with E-state index in [0.717, 1.165) is 11.1 Å². The fourth-order valence-corrected chi connectivity index (χ4v) is 1.21. The smallest absolute Gasteiger partial charge is 0.155 e. The first-order chi connectivity index (χ1) is 6.50. The molecule has 1 rings (SSSR count). The second kappa shape index (κ2) is 4.23. The molecule has 74 valence electrons. The number of hydrogen-bond acceptors (Lipinski definition) is 1. The molecule has 0 fully saturated rings. The van der Waals surface area contributed by atoms with Gasteiger partial charge in [0.05, 0.1) is 0 Å². The van der Waals surface area contributed by atoms with Gasteiger partial charge in [0.1, 0.15) is 0 Å². The van der Waals surface area contributed by atoms with Gasteiger partial charge in [0.25, 0.3) is 0 Å². The van der Waals surface area contributed by atoms with Gasteiger partial charge >= 0.3 is 0 Å². The van der Waals surface area contributed by atoms with Crippen LogP contribution in [-0.2, 0) is 4.79 Å². The maximum Gasteiger partial charge on any atom is 0.155 e. The number of carbonyl (C=O) groups is 1. The Hall–Kier alpha value is -1.37. The quantitative estimate of drug-likeness (QED) is 0.651. The molecule has 0 amide bonds. The number of allylic oxidation sites excluding steroid dienone is 1. The highest BCUT2D eigenvalue weighted by atomic mass is 16.1. The lowest BCUT2D eigenvalue weighted by Crippen LogP contribution is -1.91. The van der Waals surface area contributed by atoms with Gasteiger partial charge in [0.15, 0.2) is 5.78 Å². The van der Waals surface area contributed by atoms with Gasteiger partial charge in [-0.15, -0.1) is 0 Å². The normalized spacial score (nSPS) is 11.6. The van der Waals surface area contributed by atoms with Gasteiger partial charge in [0, 0.05) is 0 Å². The first kappa shape index (κ1) is 10.7. The van der Waals surface area contributed by atoms with Crippen LogP contribution in [0, 0.1) is 13.8 Å². The fraction of sp³-hybridized carbons (Fsp3) is 0.308. The van der Waals surface area contributed by atoms with Gasteiger partial charge in [-0.3, -0.25) is 4.79 Å².